The number of hydrogen-bond donors (Lipinski definition) is 3. The van der Waals surface area contributed by atoms with Gasteiger partial charge in [0, 0.05) is 25.9 Å². The summed E-state index contributed by atoms with van der Waals surface area (Å²) in [7, 11) is 0. The van der Waals surface area contributed by atoms with Gasteiger partial charge in [0.05, 0.1) is 25.0 Å². The van der Waals surface area contributed by atoms with E-state index in [4.69, 9.17) is 29.0 Å². The topological polar surface area (TPSA) is 125 Å². The third-order valence-electron chi connectivity index (χ3n) is 5.28. The summed E-state index contributed by atoms with van der Waals surface area (Å²) in [6, 6.07) is 10.2. The molecule has 3 N–H and O–H groups in total. The van der Waals surface area contributed by atoms with Gasteiger partial charge < -0.3 is 24.7 Å². The Morgan fingerprint density at radius 2 is 1.68 bits per heavy atom. The average molecular weight is 541 g/mol. The molecule has 2 aliphatic heterocycles. The molecule has 0 bridgehead atoms. The van der Waals surface area contributed by atoms with Gasteiger partial charge in [-0.2, -0.15) is 26.3 Å². The molecule has 3 atom stereocenters. The summed E-state index contributed by atoms with van der Waals surface area (Å²) in [4.78, 5) is 24.7. The third kappa shape index (κ3) is 10.3. The predicted molar refractivity (Wildman–Crippen MR) is 115 cm³/mol. The second kappa shape index (κ2) is 13.3. The summed E-state index contributed by atoms with van der Waals surface area (Å²) >= 11 is 0. The Kier molecular flexibility index (Phi) is 10.7. The summed E-state index contributed by atoms with van der Waals surface area (Å²) in [5, 5.41) is 17.8. The number of carbonyl (C=O) groups is 2. The summed E-state index contributed by atoms with van der Waals surface area (Å²) in [6.07, 6.45) is -3.93. The van der Waals surface area contributed by atoms with Crippen LogP contribution in [-0.4, -0.2) is 76.2 Å². The van der Waals surface area contributed by atoms with Gasteiger partial charge >= 0.3 is 24.3 Å². The SMILES string of the molecule is O=C(O)C(F)(F)F.O=C(O)C(F)(F)F.c1ccc(N[C@@H]2CN(Cc3ccco3)C[C@@H]3CCCO[C@@H]32)nc1. The van der Waals surface area contributed by atoms with Gasteiger partial charge in [-0.05, 0) is 43.0 Å². The van der Waals surface area contributed by atoms with Gasteiger partial charge in [0.1, 0.15) is 11.6 Å². The lowest BCUT2D eigenvalue weighted by atomic mass is 9.85. The van der Waals surface area contributed by atoms with Crippen LogP contribution in [0.1, 0.15) is 18.6 Å². The van der Waals surface area contributed by atoms with E-state index in [0.29, 0.717) is 5.92 Å². The van der Waals surface area contributed by atoms with Crippen molar-refractivity contribution in [2.75, 3.05) is 25.0 Å². The number of aliphatic carboxylic acids is 2. The van der Waals surface area contributed by atoms with Crippen molar-refractivity contribution in [2.24, 2.45) is 5.92 Å². The van der Waals surface area contributed by atoms with Crippen molar-refractivity contribution in [1.29, 1.82) is 0 Å². The minimum atomic E-state index is -5.08. The lowest BCUT2D eigenvalue weighted by Crippen LogP contribution is -2.57. The van der Waals surface area contributed by atoms with Crippen LogP contribution in [-0.2, 0) is 20.9 Å². The van der Waals surface area contributed by atoms with E-state index in [1.807, 2.05) is 36.5 Å². The van der Waals surface area contributed by atoms with Crippen molar-refractivity contribution in [3.05, 3.63) is 48.6 Å². The zero-order valence-corrected chi connectivity index (χ0v) is 19.2. The molecule has 9 nitrogen and oxygen atoms in total. The van der Waals surface area contributed by atoms with E-state index in [-0.39, 0.29) is 12.1 Å². The third-order valence-corrected chi connectivity index (χ3v) is 5.28. The number of fused-ring (bicyclic) bond motifs is 1. The molecule has 4 heterocycles. The number of rotatable bonds is 4. The second-order valence-electron chi connectivity index (χ2n) is 8.08. The van der Waals surface area contributed by atoms with E-state index in [1.165, 1.54) is 6.42 Å². The number of alkyl halides is 6. The number of pyridine rings is 1. The fourth-order valence-electron chi connectivity index (χ4n) is 3.81. The molecule has 37 heavy (non-hydrogen) atoms. The average Bonchev–Trinajstić information content (AvgIpc) is 3.32. The molecule has 0 amide bonds. The maximum Gasteiger partial charge on any atom is 0.490 e. The summed E-state index contributed by atoms with van der Waals surface area (Å²) < 4.78 is 75.1. The van der Waals surface area contributed by atoms with Gasteiger partial charge in [-0.15, -0.1) is 0 Å². The zero-order valence-electron chi connectivity index (χ0n) is 19.2. The number of aromatic nitrogens is 1. The Morgan fingerprint density at radius 1 is 1.03 bits per heavy atom. The number of carboxylic acid groups (broad SMARTS) is 2. The van der Waals surface area contributed by atoms with Crippen LogP contribution in [0.4, 0.5) is 32.2 Å². The molecule has 2 aromatic heterocycles. The number of piperidine rings is 1. The Bertz CT molecular complexity index is 948. The first kappa shape index (κ1) is 29.9. The number of nitrogens with zero attached hydrogens (tertiary/aromatic N) is 2. The van der Waals surface area contributed by atoms with Gasteiger partial charge in [0.15, 0.2) is 0 Å². The first-order valence-electron chi connectivity index (χ1n) is 10.9. The van der Waals surface area contributed by atoms with Crippen molar-refractivity contribution >= 4 is 17.8 Å². The van der Waals surface area contributed by atoms with Crippen LogP contribution in [0.25, 0.3) is 0 Å². The maximum atomic E-state index is 10.6. The highest BCUT2D eigenvalue weighted by Crippen LogP contribution is 2.30. The van der Waals surface area contributed by atoms with Crippen LogP contribution in [0, 0.1) is 5.92 Å². The molecule has 0 radical (unpaired) electrons. The zero-order chi connectivity index (χ0) is 27.6. The monoisotopic (exact) mass is 541 g/mol. The quantitative estimate of drug-likeness (QED) is 0.492. The molecule has 0 aliphatic carbocycles. The Hall–Kier alpha value is -3.33. The lowest BCUT2D eigenvalue weighted by molar-refractivity contribution is -0.193. The van der Waals surface area contributed by atoms with E-state index in [0.717, 1.165) is 44.2 Å². The van der Waals surface area contributed by atoms with Gasteiger partial charge in [-0.3, -0.25) is 4.90 Å². The number of likely N-dealkylation sites (tertiary alicyclic amines) is 1. The molecule has 2 aliphatic rings. The van der Waals surface area contributed by atoms with Crippen molar-refractivity contribution in [2.45, 2.75) is 43.9 Å². The van der Waals surface area contributed by atoms with Gasteiger partial charge in [-0.25, -0.2) is 14.6 Å². The highest BCUT2D eigenvalue weighted by Gasteiger charge is 2.40. The summed E-state index contributed by atoms with van der Waals surface area (Å²) in [5.41, 5.74) is 0. The first-order chi connectivity index (χ1) is 17.3. The Labute approximate surface area is 207 Å². The molecular formula is C22H25F6N3O6. The molecule has 2 aromatic rings. The summed E-state index contributed by atoms with van der Waals surface area (Å²) in [6.45, 7) is 3.75. The number of hydrogen-bond acceptors (Lipinski definition) is 7. The first-order valence-corrected chi connectivity index (χ1v) is 10.9. The van der Waals surface area contributed by atoms with E-state index in [9.17, 15) is 26.3 Å². The van der Waals surface area contributed by atoms with Crippen LogP contribution in [0.5, 0.6) is 0 Å². The number of nitrogens with one attached hydrogen (secondary N) is 1. The van der Waals surface area contributed by atoms with Crippen molar-refractivity contribution < 1.29 is 55.3 Å². The fourth-order valence-corrected chi connectivity index (χ4v) is 3.81. The van der Waals surface area contributed by atoms with Crippen LogP contribution < -0.4 is 5.32 Å². The normalized spacial score (nSPS) is 21.8. The molecule has 4 rings (SSSR count). The van der Waals surface area contributed by atoms with Gasteiger partial charge in [0.25, 0.3) is 0 Å². The highest BCUT2D eigenvalue weighted by molar-refractivity contribution is 5.73. The van der Waals surface area contributed by atoms with Crippen LogP contribution in [0.15, 0.2) is 47.2 Å². The minimum absolute atomic E-state index is 0.263. The van der Waals surface area contributed by atoms with Gasteiger partial charge in [-0.1, -0.05) is 6.07 Å². The van der Waals surface area contributed by atoms with Crippen LogP contribution in [0.3, 0.4) is 0 Å². The smallest absolute Gasteiger partial charge is 0.475 e. The van der Waals surface area contributed by atoms with Crippen molar-refractivity contribution in [1.82, 2.24) is 9.88 Å². The molecule has 0 spiro atoms. The molecule has 0 aromatic carbocycles. The standard InChI is InChI=1S/C18H23N3O2.2C2HF3O2/c1-2-8-19-17(7-1)20-16-13-21(12-15-6-4-9-22-15)11-14-5-3-10-23-18(14)16;2*3-2(4,5)1(6)7/h1-2,4,6-9,14,16,18H,3,5,10-13H2,(H,19,20);2*(H,6,7)/t14-,16+,18-;;/m0../s1. The number of halogens is 6. The molecule has 0 unspecified atom stereocenters. The minimum Gasteiger partial charge on any atom is -0.475 e. The maximum absolute atomic E-state index is 10.6. The predicted octanol–water partition coefficient (Wildman–Crippen LogP) is 4.03. The molecule has 2 fully saturated rings. The second-order valence-corrected chi connectivity index (χ2v) is 8.08. The van der Waals surface area contributed by atoms with Crippen molar-refractivity contribution in [3.63, 3.8) is 0 Å². The van der Waals surface area contributed by atoms with E-state index in [1.54, 1.807) is 6.26 Å². The molecule has 2 saturated heterocycles. The van der Waals surface area contributed by atoms with Crippen molar-refractivity contribution in [3.8, 4) is 0 Å². The van der Waals surface area contributed by atoms with E-state index >= 15 is 0 Å². The highest BCUT2D eigenvalue weighted by atomic mass is 19.4. The largest absolute Gasteiger partial charge is 0.490 e. The van der Waals surface area contributed by atoms with Crippen LogP contribution in [0.2, 0.25) is 0 Å². The fraction of sp³-hybridized carbons (Fsp3) is 0.500. The number of anilines is 1. The molecule has 206 valence electrons. The number of ether oxygens (including phenoxy) is 1. The van der Waals surface area contributed by atoms with E-state index in [2.05, 4.69) is 15.2 Å². The molecular weight excluding hydrogens is 516 g/mol. The Morgan fingerprint density at radius 3 is 2.19 bits per heavy atom. The Balaban J connectivity index is 0.000000286. The molecule has 15 heteroatoms. The number of furan rings is 1. The van der Waals surface area contributed by atoms with E-state index < -0.39 is 24.3 Å². The lowest BCUT2D eigenvalue weighted by Gasteiger charge is -2.46. The summed E-state index contributed by atoms with van der Waals surface area (Å²) in [5.74, 6) is -2.99. The molecule has 0 saturated carbocycles. The number of carboxylic acids is 2. The van der Waals surface area contributed by atoms with Crippen LogP contribution >= 0.6 is 0 Å². The van der Waals surface area contributed by atoms with Gasteiger partial charge in [0.2, 0.25) is 0 Å².